The van der Waals surface area contributed by atoms with Crippen LogP contribution < -0.4 is 10.9 Å². The van der Waals surface area contributed by atoms with E-state index in [1.807, 2.05) is 37.3 Å². The summed E-state index contributed by atoms with van der Waals surface area (Å²) in [6.07, 6.45) is 3.24. The van der Waals surface area contributed by atoms with Gasteiger partial charge in [-0.15, -0.1) is 11.3 Å². The summed E-state index contributed by atoms with van der Waals surface area (Å²) in [7, 11) is 0. The van der Waals surface area contributed by atoms with Gasteiger partial charge in [0.1, 0.15) is 15.9 Å². The Labute approximate surface area is 161 Å². The maximum absolute atomic E-state index is 13.0. The zero-order valence-electron chi connectivity index (χ0n) is 13.8. The third-order valence-corrected chi connectivity index (χ3v) is 5.67. The fourth-order valence-electron chi connectivity index (χ4n) is 2.77. The van der Waals surface area contributed by atoms with Gasteiger partial charge in [-0.1, -0.05) is 15.9 Å². The standard InChI is InChI=1S/C18H15BrN4O2S/c1-10(8-24)22-13-6-7-20-17-14(13)15-16(26-17)18(25)23(9-21-15)12-4-2-11(19)3-5-12/h2-7,9-10,24H,8H2,1H3,(H,20,22). The lowest BCUT2D eigenvalue weighted by Gasteiger charge is -2.13. The quantitative estimate of drug-likeness (QED) is 0.517. The summed E-state index contributed by atoms with van der Waals surface area (Å²) in [4.78, 5) is 22.7. The van der Waals surface area contributed by atoms with Crippen molar-refractivity contribution in [2.24, 2.45) is 0 Å². The fraction of sp³-hybridized carbons (Fsp3) is 0.167. The van der Waals surface area contributed by atoms with E-state index in [-0.39, 0.29) is 18.2 Å². The molecule has 0 aliphatic carbocycles. The highest BCUT2D eigenvalue weighted by Gasteiger charge is 2.16. The summed E-state index contributed by atoms with van der Waals surface area (Å²) in [5, 5.41) is 13.4. The summed E-state index contributed by atoms with van der Waals surface area (Å²) < 4.78 is 3.04. The molecular formula is C18H15BrN4O2S. The Balaban J connectivity index is 1.94. The Morgan fingerprint density at radius 1 is 1.27 bits per heavy atom. The van der Waals surface area contributed by atoms with Crippen molar-refractivity contribution in [3.63, 3.8) is 0 Å². The fourth-order valence-corrected chi connectivity index (χ4v) is 4.09. The van der Waals surface area contributed by atoms with Crippen molar-refractivity contribution in [2.45, 2.75) is 13.0 Å². The number of aliphatic hydroxyl groups excluding tert-OH is 1. The van der Waals surface area contributed by atoms with E-state index < -0.39 is 0 Å². The average Bonchev–Trinajstić information content (AvgIpc) is 3.03. The third-order valence-electron chi connectivity index (χ3n) is 4.06. The number of hydrogen-bond donors (Lipinski definition) is 2. The minimum absolute atomic E-state index is 0.00961. The highest BCUT2D eigenvalue weighted by Crippen LogP contribution is 2.34. The predicted molar refractivity (Wildman–Crippen MR) is 108 cm³/mol. The van der Waals surface area contributed by atoms with Crippen LogP contribution in [0.4, 0.5) is 5.69 Å². The van der Waals surface area contributed by atoms with Crippen LogP contribution in [0.5, 0.6) is 0 Å². The molecule has 6 nitrogen and oxygen atoms in total. The van der Waals surface area contributed by atoms with Gasteiger partial charge in [-0.3, -0.25) is 9.36 Å². The molecule has 0 bridgehead atoms. The average molecular weight is 431 g/mol. The van der Waals surface area contributed by atoms with Crippen LogP contribution in [-0.4, -0.2) is 32.3 Å². The molecule has 0 aliphatic heterocycles. The monoisotopic (exact) mass is 430 g/mol. The van der Waals surface area contributed by atoms with Crippen molar-refractivity contribution < 1.29 is 5.11 Å². The Kier molecular flexibility index (Phi) is 4.47. The predicted octanol–water partition coefficient (Wildman–Crippen LogP) is 3.55. The summed E-state index contributed by atoms with van der Waals surface area (Å²) >= 11 is 4.73. The van der Waals surface area contributed by atoms with Crippen LogP contribution in [0.25, 0.3) is 26.1 Å². The number of rotatable bonds is 4. The maximum Gasteiger partial charge on any atom is 0.275 e. The number of halogens is 1. The van der Waals surface area contributed by atoms with E-state index in [9.17, 15) is 9.90 Å². The third kappa shape index (κ3) is 2.90. The molecule has 0 saturated heterocycles. The van der Waals surface area contributed by atoms with Crippen molar-refractivity contribution in [3.05, 3.63) is 57.7 Å². The molecule has 0 amide bonds. The lowest BCUT2D eigenvalue weighted by molar-refractivity contribution is 0.281. The SMILES string of the molecule is CC(CO)Nc1ccnc2sc3c(=O)n(-c4ccc(Br)cc4)cnc3c12. The normalized spacial score (nSPS) is 12.6. The van der Waals surface area contributed by atoms with Crippen molar-refractivity contribution >= 4 is 53.4 Å². The summed E-state index contributed by atoms with van der Waals surface area (Å²) in [5.74, 6) is 0. The van der Waals surface area contributed by atoms with Crippen LogP contribution in [0.2, 0.25) is 0 Å². The van der Waals surface area contributed by atoms with E-state index in [1.165, 1.54) is 15.9 Å². The largest absolute Gasteiger partial charge is 0.394 e. The number of aromatic nitrogens is 3. The van der Waals surface area contributed by atoms with E-state index in [4.69, 9.17) is 0 Å². The Morgan fingerprint density at radius 2 is 2.04 bits per heavy atom. The number of pyridine rings is 1. The van der Waals surface area contributed by atoms with Gasteiger partial charge in [0.25, 0.3) is 5.56 Å². The number of benzene rings is 1. The number of fused-ring (bicyclic) bond motifs is 3. The van der Waals surface area contributed by atoms with Crippen LogP contribution in [0.3, 0.4) is 0 Å². The van der Waals surface area contributed by atoms with Crippen molar-refractivity contribution in [1.82, 2.24) is 14.5 Å². The van der Waals surface area contributed by atoms with Crippen LogP contribution in [0.1, 0.15) is 6.92 Å². The van der Waals surface area contributed by atoms with Gasteiger partial charge in [-0.25, -0.2) is 9.97 Å². The highest BCUT2D eigenvalue weighted by molar-refractivity contribution is 9.10. The number of hydrogen-bond acceptors (Lipinski definition) is 6. The lowest BCUT2D eigenvalue weighted by Crippen LogP contribution is -2.19. The van der Waals surface area contributed by atoms with Gasteiger partial charge in [-0.05, 0) is 37.3 Å². The second kappa shape index (κ2) is 6.79. The first-order valence-electron chi connectivity index (χ1n) is 8.00. The van der Waals surface area contributed by atoms with Gasteiger partial charge < -0.3 is 10.4 Å². The van der Waals surface area contributed by atoms with E-state index >= 15 is 0 Å². The summed E-state index contributed by atoms with van der Waals surface area (Å²) in [5.41, 5.74) is 2.08. The molecule has 0 aliphatic rings. The first-order valence-corrected chi connectivity index (χ1v) is 9.61. The molecule has 2 N–H and O–H groups in total. The first kappa shape index (κ1) is 17.1. The Morgan fingerprint density at radius 3 is 2.77 bits per heavy atom. The summed E-state index contributed by atoms with van der Waals surface area (Å²) in [6, 6.07) is 9.22. The molecule has 4 rings (SSSR count). The van der Waals surface area contributed by atoms with E-state index in [0.29, 0.717) is 10.2 Å². The van der Waals surface area contributed by atoms with Crippen LogP contribution in [0, 0.1) is 0 Å². The van der Waals surface area contributed by atoms with Gasteiger partial charge in [0.2, 0.25) is 0 Å². The smallest absolute Gasteiger partial charge is 0.275 e. The molecule has 3 aromatic heterocycles. The van der Waals surface area contributed by atoms with Gasteiger partial charge in [0, 0.05) is 22.4 Å². The number of thiophene rings is 1. The van der Waals surface area contributed by atoms with Crippen LogP contribution in [-0.2, 0) is 0 Å². The van der Waals surface area contributed by atoms with Crippen molar-refractivity contribution in [3.8, 4) is 5.69 Å². The number of aliphatic hydroxyl groups is 1. The summed E-state index contributed by atoms with van der Waals surface area (Å²) in [6.45, 7) is 1.89. The molecule has 26 heavy (non-hydrogen) atoms. The molecule has 1 unspecified atom stereocenters. The van der Waals surface area contributed by atoms with Gasteiger partial charge in [0.15, 0.2) is 0 Å². The van der Waals surface area contributed by atoms with Gasteiger partial charge >= 0.3 is 0 Å². The molecule has 0 spiro atoms. The van der Waals surface area contributed by atoms with Crippen LogP contribution in [0.15, 0.2) is 52.1 Å². The molecular weight excluding hydrogens is 416 g/mol. The second-order valence-electron chi connectivity index (χ2n) is 5.94. The molecule has 1 atom stereocenters. The van der Waals surface area contributed by atoms with Gasteiger partial charge in [0.05, 0.1) is 23.2 Å². The van der Waals surface area contributed by atoms with E-state index in [2.05, 4.69) is 31.2 Å². The number of nitrogens with one attached hydrogen (secondary N) is 1. The topological polar surface area (TPSA) is 80.0 Å². The molecule has 0 saturated carbocycles. The molecule has 8 heteroatoms. The molecule has 3 heterocycles. The van der Waals surface area contributed by atoms with E-state index in [0.717, 1.165) is 26.1 Å². The Hall–Kier alpha value is -2.29. The number of anilines is 1. The Bertz CT molecular complexity index is 1150. The minimum Gasteiger partial charge on any atom is -0.394 e. The lowest BCUT2D eigenvalue weighted by atomic mass is 10.2. The minimum atomic E-state index is -0.124. The van der Waals surface area contributed by atoms with Gasteiger partial charge in [-0.2, -0.15) is 0 Å². The van der Waals surface area contributed by atoms with E-state index in [1.54, 1.807) is 12.5 Å². The maximum atomic E-state index is 13.0. The van der Waals surface area contributed by atoms with Crippen molar-refractivity contribution in [2.75, 3.05) is 11.9 Å². The number of nitrogens with zero attached hydrogens (tertiary/aromatic N) is 3. The zero-order valence-corrected chi connectivity index (χ0v) is 16.2. The molecule has 0 radical (unpaired) electrons. The molecule has 132 valence electrons. The molecule has 0 fully saturated rings. The second-order valence-corrected chi connectivity index (χ2v) is 7.86. The molecule has 1 aromatic carbocycles. The first-order chi connectivity index (χ1) is 12.6. The highest BCUT2D eigenvalue weighted by atomic mass is 79.9. The zero-order chi connectivity index (χ0) is 18.3. The van der Waals surface area contributed by atoms with Crippen LogP contribution >= 0.6 is 27.3 Å². The molecule has 4 aromatic rings. The van der Waals surface area contributed by atoms with Crippen molar-refractivity contribution in [1.29, 1.82) is 0 Å².